The van der Waals surface area contributed by atoms with Crippen LogP contribution in [0, 0.1) is 0 Å². The molecule has 4 heteroatoms. The first-order chi connectivity index (χ1) is 6.22. The Hall–Kier alpha value is -1.03. The Balaban J connectivity index is 3.44. The summed E-state index contributed by atoms with van der Waals surface area (Å²) in [7, 11) is 0. The van der Waals surface area contributed by atoms with Gasteiger partial charge in [0.1, 0.15) is 6.61 Å². The third-order valence-electron chi connectivity index (χ3n) is 1.21. The Kier molecular flexibility index (Phi) is 7.01. The summed E-state index contributed by atoms with van der Waals surface area (Å²) >= 11 is 0. The van der Waals surface area contributed by atoms with Crippen LogP contribution in [0.4, 0.5) is 0 Å². The van der Waals surface area contributed by atoms with E-state index in [1.165, 1.54) is 0 Å². The Morgan fingerprint density at radius 3 is 2.38 bits per heavy atom. The lowest BCUT2D eigenvalue weighted by Gasteiger charge is -2.07. The van der Waals surface area contributed by atoms with E-state index in [1.54, 1.807) is 6.92 Å². The van der Waals surface area contributed by atoms with E-state index in [0.29, 0.717) is 26.4 Å². The van der Waals surface area contributed by atoms with Gasteiger partial charge in [-0.05, 0) is 20.4 Å². The highest BCUT2D eigenvalue weighted by atomic mass is 16.6. The number of ether oxygens (including phenoxy) is 3. The molecule has 0 rings (SSSR count). The van der Waals surface area contributed by atoms with Gasteiger partial charge in [-0.2, -0.15) is 0 Å². The van der Waals surface area contributed by atoms with E-state index < -0.39 is 5.97 Å². The van der Waals surface area contributed by atoms with E-state index in [-0.39, 0.29) is 5.76 Å². The number of carbonyl (C=O) groups excluding carboxylic acids is 1. The van der Waals surface area contributed by atoms with E-state index in [9.17, 15) is 4.79 Å². The average Bonchev–Trinajstić information content (AvgIpc) is 2.12. The van der Waals surface area contributed by atoms with Crippen molar-refractivity contribution < 1.29 is 19.0 Å². The second-order valence-electron chi connectivity index (χ2n) is 2.19. The van der Waals surface area contributed by atoms with Gasteiger partial charge in [-0.1, -0.05) is 0 Å². The van der Waals surface area contributed by atoms with Gasteiger partial charge in [0.05, 0.1) is 13.2 Å². The average molecular weight is 188 g/mol. The topological polar surface area (TPSA) is 44.8 Å². The molecule has 0 N–H and O–H groups in total. The van der Waals surface area contributed by atoms with Crippen LogP contribution in [-0.4, -0.2) is 32.4 Å². The van der Waals surface area contributed by atoms with Crippen molar-refractivity contribution in [3.63, 3.8) is 0 Å². The lowest BCUT2D eigenvalue weighted by Crippen LogP contribution is -2.12. The fourth-order valence-electron chi connectivity index (χ4n) is 0.639. The largest absolute Gasteiger partial charge is 0.485 e. The maximum atomic E-state index is 10.9. The molecule has 0 fully saturated rings. The molecule has 0 aromatic heterocycles. The van der Waals surface area contributed by atoms with Crippen molar-refractivity contribution in [2.24, 2.45) is 0 Å². The minimum atomic E-state index is -0.515. The maximum Gasteiger partial charge on any atom is 0.372 e. The van der Waals surface area contributed by atoms with E-state index in [1.807, 2.05) is 6.92 Å². The first-order valence-corrected chi connectivity index (χ1v) is 4.28. The Morgan fingerprint density at radius 2 is 1.85 bits per heavy atom. The van der Waals surface area contributed by atoms with Crippen LogP contribution in [0.25, 0.3) is 0 Å². The predicted octanol–water partition coefficient (Wildman–Crippen LogP) is 1.12. The van der Waals surface area contributed by atoms with Crippen LogP contribution in [0.1, 0.15) is 13.8 Å². The molecule has 0 aromatic rings. The molecule has 0 amide bonds. The van der Waals surface area contributed by atoms with Crippen LogP contribution in [0.3, 0.4) is 0 Å². The standard InChI is InChI=1S/C9H16O4/c1-4-11-6-7-13-8(3)9(10)12-5-2/h3-7H2,1-2H3. The monoisotopic (exact) mass is 188 g/mol. The Morgan fingerprint density at radius 1 is 1.15 bits per heavy atom. The van der Waals surface area contributed by atoms with Crippen molar-refractivity contribution in [1.82, 2.24) is 0 Å². The zero-order chi connectivity index (χ0) is 10.1. The number of esters is 1. The second kappa shape index (κ2) is 7.61. The predicted molar refractivity (Wildman–Crippen MR) is 48.2 cm³/mol. The molecule has 0 radical (unpaired) electrons. The molecule has 0 bridgehead atoms. The van der Waals surface area contributed by atoms with Crippen molar-refractivity contribution in [2.75, 3.05) is 26.4 Å². The van der Waals surface area contributed by atoms with Gasteiger partial charge in [-0.3, -0.25) is 0 Å². The van der Waals surface area contributed by atoms with Gasteiger partial charge in [0.25, 0.3) is 0 Å². The number of rotatable bonds is 7. The normalized spacial score (nSPS) is 9.38. The third kappa shape index (κ3) is 6.16. The highest BCUT2D eigenvalue weighted by Gasteiger charge is 2.07. The molecule has 13 heavy (non-hydrogen) atoms. The van der Waals surface area contributed by atoms with Crippen LogP contribution in [0.2, 0.25) is 0 Å². The number of hydrogen-bond donors (Lipinski definition) is 0. The molecule has 0 saturated heterocycles. The lowest BCUT2D eigenvalue weighted by molar-refractivity contribution is -0.142. The molecule has 0 aliphatic heterocycles. The minimum Gasteiger partial charge on any atom is -0.485 e. The van der Waals surface area contributed by atoms with Crippen LogP contribution in [0.15, 0.2) is 12.3 Å². The van der Waals surface area contributed by atoms with Crippen molar-refractivity contribution in [3.05, 3.63) is 12.3 Å². The highest BCUT2D eigenvalue weighted by Crippen LogP contribution is 1.96. The summed E-state index contributed by atoms with van der Waals surface area (Å²) in [5.41, 5.74) is 0. The fraction of sp³-hybridized carbons (Fsp3) is 0.667. The fourth-order valence-corrected chi connectivity index (χ4v) is 0.639. The van der Waals surface area contributed by atoms with E-state index in [4.69, 9.17) is 9.47 Å². The van der Waals surface area contributed by atoms with Gasteiger partial charge < -0.3 is 14.2 Å². The van der Waals surface area contributed by atoms with Crippen LogP contribution < -0.4 is 0 Å². The highest BCUT2D eigenvalue weighted by molar-refractivity contribution is 5.85. The molecule has 0 spiro atoms. The summed E-state index contributed by atoms with van der Waals surface area (Å²) in [4.78, 5) is 10.9. The minimum absolute atomic E-state index is 0.0292. The van der Waals surface area contributed by atoms with Gasteiger partial charge in [-0.15, -0.1) is 0 Å². The number of hydrogen-bond acceptors (Lipinski definition) is 4. The molecule has 4 nitrogen and oxygen atoms in total. The molecular formula is C9H16O4. The summed E-state index contributed by atoms with van der Waals surface area (Å²) < 4.78 is 14.6. The van der Waals surface area contributed by atoms with Crippen LogP contribution in [-0.2, 0) is 19.0 Å². The first kappa shape index (κ1) is 12.0. The molecule has 76 valence electrons. The molecule has 0 atom stereocenters. The zero-order valence-corrected chi connectivity index (χ0v) is 8.17. The van der Waals surface area contributed by atoms with Crippen molar-refractivity contribution >= 4 is 5.97 Å². The van der Waals surface area contributed by atoms with Crippen LogP contribution >= 0.6 is 0 Å². The molecular weight excluding hydrogens is 172 g/mol. The van der Waals surface area contributed by atoms with Crippen molar-refractivity contribution in [1.29, 1.82) is 0 Å². The summed E-state index contributed by atoms with van der Waals surface area (Å²) in [5, 5.41) is 0. The smallest absolute Gasteiger partial charge is 0.372 e. The maximum absolute atomic E-state index is 10.9. The second-order valence-corrected chi connectivity index (χ2v) is 2.19. The van der Waals surface area contributed by atoms with Gasteiger partial charge in [-0.25, -0.2) is 4.79 Å². The summed E-state index contributed by atoms with van der Waals surface area (Å²) in [6.45, 7) is 8.77. The zero-order valence-electron chi connectivity index (χ0n) is 8.17. The van der Waals surface area contributed by atoms with Crippen molar-refractivity contribution in [2.45, 2.75) is 13.8 Å². The summed E-state index contributed by atoms with van der Waals surface area (Å²) in [5.74, 6) is -0.486. The molecule has 0 heterocycles. The Labute approximate surface area is 78.5 Å². The van der Waals surface area contributed by atoms with Crippen molar-refractivity contribution in [3.8, 4) is 0 Å². The van der Waals surface area contributed by atoms with Crippen LogP contribution in [0.5, 0.6) is 0 Å². The SMILES string of the molecule is C=C(OCCOCC)C(=O)OCC. The molecule has 0 aliphatic rings. The third-order valence-corrected chi connectivity index (χ3v) is 1.21. The molecule has 0 saturated carbocycles. The molecule has 0 unspecified atom stereocenters. The quantitative estimate of drug-likeness (QED) is 0.260. The van der Waals surface area contributed by atoms with E-state index in [2.05, 4.69) is 11.3 Å². The van der Waals surface area contributed by atoms with Gasteiger partial charge in [0.15, 0.2) is 5.76 Å². The summed E-state index contributed by atoms with van der Waals surface area (Å²) in [6.07, 6.45) is 0. The lowest BCUT2D eigenvalue weighted by atomic mass is 10.5. The van der Waals surface area contributed by atoms with Gasteiger partial charge >= 0.3 is 5.97 Å². The summed E-state index contributed by atoms with van der Waals surface area (Å²) in [6, 6.07) is 0. The molecule has 0 aromatic carbocycles. The number of carbonyl (C=O) groups is 1. The molecule has 0 aliphatic carbocycles. The van der Waals surface area contributed by atoms with Gasteiger partial charge in [0.2, 0.25) is 0 Å². The first-order valence-electron chi connectivity index (χ1n) is 4.28. The van der Waals surface area contributed by atoms with Gasteiger partial charge in [0, 0.05) is 6.61 Å². The van der Waals surface area contributed by atoms with E-state index in [0.717, 1.165) is 0 Å². The Bertz CT molecular complexity index is 165. The van der Waals surface area contributed by atoms with E-state index >= 15 is 0 Å².